The Morgan fingerprint density at radius 2 is 1.93 bits per heavy atom. The van der Waals surface area contributed by atoms with Crippen molar-refractivity contribution in [2.24, 2.45) is 4.99 Å². The van der Waals surface area contributed by atoms with Crippen LogP contribution in [0, 0.1) is 19.7 Å². The highest BCUT2D eigenvalue weighted by molar-refractivity contribution is 8.15. The lowest BCUT2D eigenvalue weighted by Crippen LogP contribution is -2.34. The maximum Gasteiger partial charge on any atom is 0.242 e. The largest absolute Gasteiger partial charge is 0.326 e. The molecule has 0 bridgehead atoms. The predicted octanol–water partition coefficient (Wildman–Crippen LogP) is 4.81. The number of halogens is 1. The monoisotopic (exact) mass is 413 g/mol. The molecule has 1 aliphatic heterocycles. The second-order valence-electron chi connectivity index (χ2n) is 7.04. The van der Waals surface area contributed by atoms with E-state index in [2.05, 4.69) is 10.3 Å². The van der Waals surface area contributed by atoms with E-state index in [1.165, 1.54) is 23.9 Å². The molecule has 1 atom stereocenters. The third-order valence-electron chi connectivity index (χ3n) is 4.55. The summed E-state index contributed by atoms with van der Waals surface area (Å²) in [6.07, 6.45) is 0.843. The van der Waals surface area contributed by atoms with Crippen LogP contribution in [-0.4, -0.2) is 33.7 Å². The second kappa shape index (κ2) is 9.22. The Kier molecular flexibility index (Phi) is 6.69. The van der Waals surface area contributed by atoms with Crippen molar-refractivity contribution in [3.8, 4) is 0 Å². The average molecular weight is 414 g/mol. The number of amidine groups is 1. The quantitative estimate of drug-likeness (QED) is 0.739. The highest BCUT2D eigenvalue weighted by atomic mass is 32.2. The van der Waals surface area contributed by atoms with Crippen molar-refractivity contribution < 1.29 is 14.0 Å². The summed E-state index contributed by atoms with van der Waals surface area (Å²) in [6.45, 7) is 6.44. The molecule has 0 radical (unpaired) electrons. The summed E-state index contributed by atoms with van der Waals surface area (Å²) in [5.74, 6) is -0.661. The van der Waals surface area contributed by atoms with Crippen LogP contribution in [0.2, 0.25) is 0 Å². The Hall–Kier alpha value is -2.67. The van der Waals surface area contributed by atoms with Gasteiger partial charge in [-0.05, 0) is 56.2 Å². The van der Waals surface area contributed by atoms with Crippen LogP contribution < -0.4 is 5.32 Å². The number of hydrogen-bond donors (Lipinski definition) is 1. The van der Waals surface area contributed by atoms with Gasteiger partial charge < -0.3 is 5.32 Å². The van der Waals surface area contributed by atoms with Gasteiger partial charge in [0, 0.05) is 18.7 Å². The molecule has 0 unspecified atom stereocenters. The number of anilines is 1. The summed E-state index contributed by atoms with van der Waals surface area (Å²) in [5.41, 5.74) is 3.43. The van der Waals surface area contributed by atoms with Crippen molar-refractivity contribution >= 4 is 40.1 Å². The van der Waals surface area contributed by atoms with Gasteiger partial charge in [-0.1, -0.05) is 36.4 Å². The van der Waals surface area contributed by atoms with Gasteiger partial charge in [0.1, 0.15) is 11.1 Å². The van der Waals surface area contributed by atoms with Crippen molar-refractivity contribution in [3.05, 3.63) is 59.4 Å². The smallest absolute Gasteiger partial charge is 0.242 e. The van der Waals surface area contributed by atoms with Gasteiger partial charge in [-0.2, -0.15) is 0 Å². The first-order chi connectivity index (χ1) is 13.9. The van der Waals surface area contributed by atoms with Crippen LogP contribution in [0.3, 0.4) is 0 Å². The molecule has 0 aromatic heterocycles. The van der Waals surface area contributed by atoms with Gasteiger partial charge in [0.25, 0.3) is 0 Å². The van der Waals surface area contributed by atoms with Gasteiger partial charge in [0.15, 0.2) is 5.17 Å². The summed E-state index contributed by atoms with van der Waals surface area (Å²) < 4.78 is 13.1. The van der Waals surface area contributed by atoms with Gasteiger partial charge in [-0.3, -0.25) is 14.5 Å². The topological polar surface area (TPSA) is 61.8 Å². The van der Waals surface area contributed by atoms with E-state index in [4.69, 9.17) is 0 Å². The first-order valence-corrected chi connectivity index (χ1v) is 10.4. The molecule has 1 N–H and O–H groups in total. The molecule has 0 aliphatic carbocycles. The van der Waals surface area contributed by atoms with Crippen LogP contribution in [0.15, 0.2) is 47.5 Å². The second-order valence-corrected chi connectivity index (χ2v) is 8.21. The summed E-state index contributed by atoms with van der Waals surface area (Å²) in [5, 5.41) is 2.93. The zero-order valence-electron chi connectivity index (χ0n) is 16.7. The van der Waals surface area contributed by atoms with Crippen LogP contribution in [-0.2, 0) is 9.59 Å². The number of nitrogens with one attached hydrogen (secondary N) is 1. The van der Waals surface area contributed by atoms with Crippen molar-refractivity contribution in [1.82, 2.24) is 4.90 Å². The van der Waals surface area contributed by atoms with Gasteiger partial charge in [-0.25, -0.2) is 9.38 Å². The van der Waals surface area contributed by atoms with Crippen molar-refractivity contribution in [1.29, 1.82) is 0 Å². The summed E-state index contributed by atoms with van der Waals surface area (Å²) >= 11 is 1.28. The number of nitrogens with zero attached hydrogens (tertiary/aromatic N) is 2. The SMILES string of the molecule is CCCN1C(=O)[C@@H](CC(=O)Nc2ccc(C)cc2C)SC1=Nc1ccc(F)cc1. The minimum absolute atomic E-state index is 0.0689. The minimum atomic E-state index is -0.522. The van der Waals surface area contributed by atoms with E-state index in [0.717, 1.165) is 23.2 Å². The molecule has 5 nitrogen and oxygen atoms in total. The molecule has 2 aromatic rings. The molecule has 7 heteroatoms. The Morgan fingerprint density at radius 1 is 1.21 bits per heavy atom. The fraction of sp³-hybridized carbons (Fsp3) is 0.318. The molecular weight excluding hydrogens is 389 g/mol. The average Bonchev–Trinajstić information content (AvgIpc) is 2.95. The zero-order valence-corrected chi connectivity index (χ0v) is 17.6. The van der Waals surface area contributed by atoms with Gasteiger partial charge >= 0.3 is 0 Å². The molecule has 0 saturated carbocycles. The summed E-state index contributed by atoms with van der Waals surface area (Å²) in [6, 6.07) is 11.6. The highest BCUT2D eigenvalue weighted by Gasteiger charge is 2.38. The number of aryl methyl sites for hydroxylation is 2. The van der Waals surface area contributed by atoms with Crippen LogP contribution in [0.5, 0.6) is 0 Å². The number of carbonyl (C=O) groups excluding carboxylic acids is 2. The van der Waals surface area contributed by atoms with E-state index in [-0.39, 0.29) is 24.1 Å². The van der Waals surface area contributed by atoms with Crippen LogP contribution in [0.25, 0.3) is 0 Å². The van der Waals surface area contributed by atoms with Gasteiger partial charge in [0.2, 0.25) is 11.8 Å². The molecule has 3 rings (SSSR count). The van der Waals surface area contributed by atoms with Gasteiger partial charge in [0.05, 0.1) is 5.69 Å². The summed E-state index contributed by atoms with van der Waals surface area (Å²) in [7, 11) is 0. The minimum Gasteiger partial charge on any atom is -0.326 e. The molecular formula is C22H24FN3O2S. The molecule has 2 aromatic carbocycles. The van der Waals surface area contributed by atoms with E-state index in [0.29, 0.717) is 17.4 Å². The zero-order chi connectivity index (χ0) is 21.0. The van der Waals surface area contributed by atoms with Crippen molar-refractivity contribution in [3.63, 3.8) is 0 Å². The third-order valence-corrected chi connectivity index (χ3v) is 5.72. The molecule has 2 amide bonds. The molecule has 29 heavy (non-hydrogen) atoms. The normalized spacial score (nSPS) is 17.8. The van der Waals surface area contributed by atoms with E-state index < -0.39 is 5.25 Å². The number of carbonyl (C=O) groups is 2. The Morgan fingerprint density at radius 3 is 2.59 bits per heavy atom. The lowest BCUT2D eigenvalue weighted by atomic mass is 10.1. The van der Waals surface area contributed by atoms with E-state index >= 15 is 0 Å². The van der Waals surface area contributed by atoms with Crippen molar-refractivity contribution in [2.45, 2.75) is 38.9 Å². The molecule has 0 spiro atoms. The number of benzene rings is 2. The molecule has 1 aliphatic rings. The molecule has 1 heterocycles. The van der Waals surface area contributed by atoms with Gasteiger partial charge in [-0.15, -0.1) is 0 Å². The first-order valence-electron chi connectivity index (χ1n) is 9.56. The fourth-order valence-corrected chi connectivity index (χ4v) is 4.29. The van der Waals surface area contributed by atoms with E-state index in [1.807, 2.05) is 39.0 Å². The third kappa shape index (κ3) is 5.23. The number of amides is 2. The standard InChI is InChI=1S/C22H24FN3O2S/c1-4-11-26-21(28)19(29-22(26)24-17-8-6-16(23)7-9-17)13-20(27)25-18-10-5-14(2)12-15(18)3/h5-10,12,19H,4,11,13H2,1-3H3,(H,25,27)/t19-/m1/s1. The molecule has 1 fully saturated rings. The lowest BCUT2D eigenvalue weighted by Gasteiger charge is -2.15. The maximum atomic E-state index is 13.1. The predicted molar refractivity (Wildman–Crippen MR) is 116 cm³/mol. The molecule has 1 saturated heterocycles. The van der Waals surface area contributed by atoms with E-state index in [9.17, 15) is 14.0 Å². The van der Waals surface area contributed by atoms with E-state index in [1.54, 1.807) is 17.0 Å². The number of hydrogen-bond acceptors (Lipinski definition) is 4. The Bertz CT molecular complexity index is 944. The van der Waals surface area contributed by atoms with Crippen molar-refractivity contribution in [2.75, 3.05) is 11.9 Å². The highest BCUT2D eigenvalue weighted by Crippen LogP contribution is 2.32. The first kappa shape index (κ1) is 21.0. The number of thioether (sulfide) groups is 1. The molecule has 152 valence electrons. The Balaban J connectivity index is 1.73. The number of aliphatic imine (C=N–C) groups is 1. The maximum absolute atomic E-state index is 13.1. The number of rotatable bonds is 6. The fourth-order valence-electron chi connectivity index (χ4n) is 3.10. The summed E-state index contributed by atoms with van der Waals surface area (Å²) in [4.78, 5) is 31.5. The van der Waals surface area contributed by atoms with Crippen LogP contribution in [0.4, 0.5) is 15.8 Å². The van der Waals surface area contributed by atoms with Crippen LogP contribution >= 0.6 is 11.8 Å². The Labute approximate surface area is 174 Å². The van der Waals surface area contributed by atoms with Crippen LogP contribution in [0.1, 0.15) is 30.9 Å². The lowest BCUT2D eigenvalue weighted by molar-refractivity contribution is -0.128.